The SMILES string of the molecule is O=C(CCCCSc1nnc2c3ccccc3n(Cc3cccc(Cl)c3)c2n1)NC1CC1. The second-order valence-corrected chi connectivity index (χ2v) is 9.65. The number of aromatic nitrogens is 4. The monoisotopic (exact) mass is 465 g/mol. The van der Waals surface area contributed by atoms with Gasteiger partial charge in [-0.05, 0) is 49.4 Å². The maximum absolute atomic E-state index is 11.8. The van der Waals surface area contributed by atoms with Crippen molar-refractivity contribution in [1.82, 2.24) is 25.1 Å². The summed E-state index contributed by atoms with van der Waals surface area (Å²) in [6.45, 7) is 0.656. The molecule has 32 heavy (non-hydrogen) atoms. The minimum absolute atomic E-state index is 0.169. The maximum atomic E-state index is 11.8. The Hall–Kier alpha value is -2.64. The van der Waals surface area contributed by atoms with E-state index in [4.69, 9.17) is 16.6 Å². The highest BCUT2D eigenvalue weighted by Crippen LogP contribution is 2.28. The average Bonchev–Trinajstić information content (AvgIpc) is 3.56. The van der Waals surface area contributed by atoms with Crippen LogP contribution < -0.4 is 5.32 Å². The van der Waals surface area contributed by atoms with E-state index in [1.807, 2.05) is 30.3 Å². The van der Waals surface area contributed by atoms with Gasteiger partial charge in [-0.25, -0.2) is 4.98 Å². The number of hydrogen-bond acceptors (Lipinski definition) is 5. The lowest BCUT2D eigenvalue weighted by atomic mass is 10.2. The molecule has 1 aliphatic rings. The molecule has 1 saturated carbocycles. The molecule has 4 aromatic rings. The summed E-state index contributed by atoms with van der Waals surface area (Å²) in [4.78, 5) is 16.7. The Morgan fingerprint density at radius 3 is 2.84 bits per heavy atom. The summed E-state index contributed by atoms with van der Waals surface area (Å²) in [7, 11) is 0. The predicted molar refractivity (Wildman–Crippen MR) is 129 cm³/mol. The van der Waals surface area contributed by atoms with Gasteiger partial charge in [-0.1, -0.05) is 53.7 Å². The summed E-state index contributed by atoms with van der Waals surface area (Å²) in [5.41, 5.74) is 3.82. The van der Waals surface area contributed by atoms with Gasteiger partial charge in [0.15, 0.2) is 5.65 Å². The highest BCUT2D eigenvalue weighted by molar-refractivity contribution is 7.99. The minimum atomic E-state index is 0.169. The lowest BCUT2D eigenvalue weighted by Crippen LogP contribution is -2.24. The number of nitrogens with zero attached hydrogens (tertiary/aromatic N) is 4. The first-order valence-corrected chi connectivity index (χ1v) is 12.3. The third kappa shape index (κ3) is 4.89. The van der Waals surface area contributed by atoms with Crippen LogP contribution >= 0.6 is 23.4 Å². The van der Waals surface area contributed by atoms with Crippen LogP contribution in [0.3, 0.4) is 0 Å². The highest BCUT2D eigenvalue weighted by Gasteiger charge is 2.22. The fourth-order valence-electron chi connectivity index (χ4n) is 3.81. The minimum Gasteiger partial charge on any atom is -0.353 e. The zero-order valence-corrected chi connectivity index (χ0v) is 19.2. The van der Waals surface area contributed by atoms with Crippen molar-refractivity contribution in [2.45, 2.75) is 49.8 Å². The van der Waals surface area contributed by atoms with E-state index in [-0.39, 0.29) is 5.91 Å². The standard InChI is InChI=1S/C24H24ClN5OS/c25-17-7-5-6-16(14-17)15-30-20-9-2-1-8-19(20)22-23(30)27-24(29-28-22)32-13-4-3-10-21(31)26-18-11-12-18/h1-2,5-9,14,18H,3-4,10-13,15H2,(H,26,31). The smallest absolute Gasteiger partial charge is 0.220 e. The summed E-state index contributed by atoms with van der Waals surface area (Å²) in [6, 6.07) is 16.5. The molecule has 2 heterocycles. The van der Waals surface area contributed by atoms with Crippen LogP contribution in [0, 0.1) is 0 Å². The number of unbranched alkanes of at least 4 members (excludes halogenated alkanes) is 1. The summed E-state index contributed by atoms with van der Waals surface area (Å²) < 4.78 is 2.18. The van der Waals surface area contributed by atoms with Gasteiger partial charge in [-0.15, -0.1) is 10.2 Å². The molecule has 2 aromatic carbocycles. The molecule has 0 bridgehead atoms. The Labute approximate surface area is 195 Å². The van der Waals surface area contributed by atoms with Crippen LogP contribution in [0.1, 0.15) is 37.7 Å². The lowest BCUT2D eigenvalue weighted by Gasteiger charge is -2.08. The van der Waals surface area contributed by atoms with Crippen molar-refractivity contribution in [3.05, 3.63) is 59.1 Å². The zero-order chi connectivity index (χ0) is 21.9. The Morgan fingerprint density at radius 1 is 1.12 bits per heavy atom. The summed E-state index contributed by atoms with van der Waals surface area (Å²) in [5.74, 6) is 1.03. The second kappa shape index (κ2) is 9.46. The average molecular weight is 466 g/mol. The van der Waals surface area contributed by atoms with Crippen LogP contribution in [0.4, 0.5) is 0 Å². The van der Waals surface area contributed by atoms with Crippen LogP contribution in [0.25, 0.3) is 22.1 Å². The highest BCUT2D eigenvalue weighted by atomic mass is 35.5. The lowest BCUT2D eigenvalue weighted by molar-refractivity contribution is -0.121. The molecule has 0 saturated heterocycles. The number of amides is 1. The quantitative estimate of drug-likeness (QED) is 0.271. The predicted octanol–water partition coefficient (Wildman–Crippen LogP) is 5.22. The molecule has 0 radical (unpaired) electrons. The molecule has 164 valence electrons. The van der Waals surface area contributed by atoms with Crippen molar-refractivity contribution >= 4 is 51.3 Å². The van der Waals surface area contributed by atoms with Gasteiger partial charge >= 0.3 is 0 Å². The van der Waals surface area contributed by atoms with Gasteiger partial charge in [-0.2, -0.15) is 0 Å². The number of nitrogens with one attached hydrogen (secondary N) is 1. The van der Waals surface area contributed by atoms with Crippen LogP contribution in [0.15, 0.2) is 53.7 Å². The van der Waals surface area contributed by atoms with Gasteiger partial charge in [0.2, 0.25) is 11.1 Å². The van der Waals surface area contributed by atoms with E-state index in [1.54, 1.807) is 11.8 Å². The Bertz CT molecular complexity index is 1270. The molecule has 0 unspecified atom stereocenters. The van der Waals surface area contributed by atoms with Crippen molar-refractivity contribution in [3.8, 4) is 0 Å². The van der Waals surface area contributed by atoms with Crippen molar-refractivity contribution < 1.29 is 4.79 Å². The molecule has 6 nitrogen and oxygen atoms in total. The molecule has 0 atom stereocenters. The van der Waals surface area contributed by atoms with Gasteiger partial charge in [0.05, 0.1) is 5.52 Å². The molecule has 0 aliphatic heterocycles. The molecule has 8 heteroatoms. The first-order chi connectivity index (χ1) is 15.7. The third-order valence-electron chi connectivity index (χ3n) is 5.56. The van der Waals surface area contributed by atoms with Crippen LogP contribution in [-0.4, -0.2) is 37.5 Å². The normalized spacial score (nSPS) is 13.7. The molecule has 5 rings (SSSR count). The van der Waals surface area contributed by atoms with Crippen molar-refractivity contribution in [1.29, 1.82) is 0 Å². The third-order valence-corrected chi connectivity index (χ3v) is 6.72. The summed E-state index contributed by atoms with van der Waals surface area (Å²) in [6.07, 6.45) is 4.65. The Kier molecular flexibility index (Phi) is 6.28. The number of para-hydroxylation sites is 1. The molecule has 0 spiro atoms. The van der Waals surface area contributed by atoms with Crippen molar-refractivity contribution in [2.75, 3.05) is 5.75 Å². The Morgan fingerprint density at radius 2 is 2.00 bits per heavy atom. The van der Waals surface area contributed by atoms with Crippen LogP contribution in [-0.2, 0) is 11.3 Å². The molecule has 1 N–H and O–H groups in total. The van der Waals surface area contributed by atoms with E-state index in [1.165, 1.54) is 0 Å². The van der Waals surface area contributed by atoms with Gasteiger partial charge in [0.1, 0.15) is 5.52 Å². The zero-order valence-electron chi connectivity index (χ0n) is 17.6. The molecular formula is C24H24ClN5OS. The molecule has 1 amide bonds. The van der Waals surface area contributed by atoms with E-state index in [2.05, 4.69) is 38.3 Å². The number of rotatable bonds is 9. The van der Waals surface area contributed by atoms with Gasteiger partial charge in [0, 0.05) is 35.2 Å². The van der Waals surface area contributed by atoms with Crippen molar-refractivity contribution in [2.24, 2.45) is 0 Å². The number of thioether (sulfide) groups is 1. The van der Waals surface area contributed by atoms with E-state index in [0.29, 0.717) is 24.2 Å². The maximum Gasteiger partial charge on any atom is 0.220 e. The van der Waals surface area contributed by atoms with E-state index in [0.717, 1.165) is 64.1 Å². The Balaban J connectivity index is 1.32. The fraction of sp³-hybridized carbons (Fsp3) is 0.333. The first kappa shape index (κ1) is 21.2. The van der Waals surface area contributed by atoms with E-state index in [9.17, 15) is 4.79 Å². The fourth-order valence-corrected chi connectivity index (χ4v) is 4.80. The van der Waals surface area contributed by atoms with Gasteiger partial charge in [0.25, 0.3) is 0 Å². The molecular weight excluding hydrogens is 442 g/mol. The number of benzene rings is 2. The van der Waals surface area contributed by atoms with E-state index < -0.39 is 0 Å². The number of hydrogen-bond donors (Lipinski definition) is 1. The number of halogens is 1. The van der Waals surface area contributed by atoms with Crippen LogP contribution in [0.5, 0.6) is 0 Å². The molecule has 1 fully saturated rings. The topological polar surface area (TPSA) is 72.7 Å². The summed E-state index contributed by atoms with van der Waals surface area (Å²) in [5, 5.41) is 14.3. The van der Waals surface area contributed by atoms with Crippen LogP contribution in [0.2, 0.25) is 5.02 Å². The first-order valence-electron chi connectivity index (χ1n) is 11.0. The largest absolute Gasteiger partial charge is 0.353 e. The number of carbonyl (C=O) groups is 1. The summed E-state index contributed by atoms with van der Waals surface area (Å²) >= 11 is 7.79. The second-order valence-electron chi connectivity index (χ2n) is 8.15. The van der Waals surface area contributed by atoms with Gasteiger partial charge in [-0.3, -0.25) is 4.79 Å². The molecule has 1 aliphatic carbocycles. The molecule has 2 aromatic heterocycles. The van der Waals surface area contributed by atoms with E-state index >= 15 is 0 Å². The number of carbonyl (C=O) groups excluding carboxylic acids is 1. The van der Waals surface area contributed by atoms with Gasteiger partial charge < -0.3 is 9.88 Å². The van der Waals surface area contributed by atoms with Crippen molar-refractivity contribution in [3.63, 3.8) is 0 Å². The number of fused-ring (bicyclic) bond motifs is 3.